The second-order valence-corrected chi connectivity index (χ2v) is 18.3. The van der Waals surface area contributed by atoms with Gasteiger partial charge in [-0.05, 0) is 55.7 Å². The Hall–Kier alpha value is -3.67. The summed E-state index contributed by atoms with van der Waals surface area (Å²) in [5.74, 6) is 1.54. The molecule has 1 N–H and O–H groups in total. The Bertz CT molecular complexity index is 1850. The largest absolute Gasteiger partial charge is 0.434 e. The van der Waals surface area contributed by atoms with Gasteiger partial charge in [-0.25, -0.2) is 15.0 Å². The van der Waals surface area contributed by atoms with Crippen molar-refractivity contribution < 1.29 is 23.1 Å². The Morgan fingerprint density at radius 1 is 1.05 bits per heavy atom. The predicted molar refractivity (Wildman–Crippen MR) is 169 cm³/mol. The Morgan fingerprint density at radius 2 is 1.77 bits per heavy atom. The SMILES string of the molecule is CC(C)(O[Si](C)(C)C(C)(C)C)c1ncc(-c2ccc3nc4n(c3c2)C2=c3c(OC(F)F)cccc3=CN(CCO)[C@@H]4C2)cn1. The van der Waals surface area contributed by atoms with Crippen LogP contribution in [0, 0.1) is 0 Å². The van der Waals surface area contributed by atoms with Gasteiger partial charge in [0, 0.05) is 53.3 Å². The van der Waals surface area contributed by atoms with E-state index in [0.717, 1.165) is 38.9 Å². The molecule has 2 aliphatic heterocycles. The molecule has 2 aliphatic rings. The van der Waals surface area contributed by atoms with E-state index >= 15 is 0 Å². The molecule has 232 valence electrons. The lowest BCUT2D eigenvalue weighted by Crippen LogP contribution is -2.46. The van der Waals surface area contributed by atoms with Gasteiger partial charge in [0.2, 0.25) is 0 Å². The minimum atomic E-state index is -2.96. The number of fused-ring (bicyclic) bond motifs is 8. The van der Waals surface area contributed by atoms with Crippen LogP contribution >= 0.6 is 0 Å². The lowest BCUT2D eigenvalue weighted by molar-refractivity contribution is -0.0505. The number of ether oxygens (including phenoxy) is 1. The van der Waals surface area contributed by atoms with Gasteiger partial charge in [-0.3, -0.25) is 4.57 Å². The third kappa shape index (κ3) is 5.20. The number of benzene rings is 2. The predicted octanol–water partition coefficient (Wildman–Crippen LogP) is 5.50. The maximum Gasteiger partial charge on any atom is 0.387 e. The number of hydrogen-bond acceptors (Lipinski definition) is 7. The van der Waals surface area contributed by atoms with Crippen LogP contribution in [-0.2, 0) is 10.0 Å². The third-order valence-corrected chi connectivity index (χ3v) is 13.7. The van der Waals surface area contributed by atoms with Gasteiger partial charge in [-0.2, -0.15) is 8.78 Å². The highest BCUT2D eigenvalue weighted by Gasteiger charge is 2.43. The summed E-state index contributed by atoms with van der Waals surface area (Å²) < 4.78 is 40.7. The molecular weight excluding hydrogens is 580 g/mol. The molecule has 4 heterocycles. The first kappa shape index (κ1) is 30.4. The second kappa shape index (κ2) is 10.7. The number of rotatable bonds is 8. The topological polar surface area (TPSA) is 85.5 Å². The van der Waals surface area contributed by atoms with Gasteiger partial charge in [0.1, 0.15) is 17.2 Å². The molecule has 8 nitrogen and oxygen atoms in total. The quantitative estimate of drug-likeness (QED) is 0.261. The molecule has 2 aromatic heterocycles. The van der Waals surface area contributed by atoms with Crippen LogP contribution in [0.2, 0.25) is 18.1 Å². The first-order valence-corrected chi connectivity index (χ1v) is 17.8. The molecule has 2 bridgehead atoms. The van der Waals surface area contributed by atoms with Gasteiger partial charge in [0.05, 0.1) is 23.7 Å². The number of β-amino-alcohol motifs (C(OH)–C–C–N with tert-alkyl or cyclic N) is 1. The fraction of sp³-hybridized carbons (Fsp3) is 0.424. The van der Waals surface area contributed by atoms with Crippen molar-refractivity contribution in [1.29, 1.82) is 0 Å². The van der Waals surface area contributed by atoms with Gasteiger partial charge < -0.3 is 19.2 Å². The van der Waals surface area contributed by atoms with E-state index < -0.39 is 20.5 Å². The highest BCUT2D eigenvalue weighted by atomic mass is 28.4. The van der Waals surface area contributed by atoms with Crippen molar-refractivity contribution in [1.82, 2.24) is 24.4 Å². The fourth-order valence-corrected chi connectivity index (χ4v) is 7.69. The molecule has 0 spiro atoms. The lowest BCUT2D eigenvalue weighted by Gasteiger charge is -2.42. The summed E-state index contributed by atoms with van der Waals surface area (Å²) in [6, 6.07) is 11.0. The molecule has 1 atom stereocenters. The zero-order valence-corrected chi connectivity index (χ0v) is 27.2. The van der Waals surface area contributed by atoms with Crippen molar-refractivity contribution in [3.8, 4) is 16.9 Å². The molecule has 0 fully saturated rings. The van der Waals surface area contributed by atoms with Gasteiger partial charge >= 0.3 is 6.61 Å². The van der Waals surface area contributed by atoms with Crippen LogP contribution in [0.1, 0.15) is 58.7 Å². The molecular formula is C33H39F2N5O3Si. The highest BCUT2D eigenvalue weighted by Crippen LogP contribution is 2.42. The average molecular weight is 620 g/mol. The molecule has 0 amide bonds. The number of alkyl halides is 2. The maximum absolute atomic E-state index is 13.5. The number of aliphatic hydroxyl groups excluding tert-OH is 1. The average Bonchev–Trinajstić information content (AvgIpc) is 3.43. The maximum atomic E-state index is 13.5. The van der Waals surface area contributed by atoms with Crippen molar-refractivity contribution >= 4 is 31.2 Å². The van der Waals surface area contributed by atoms with Crippen LogP contribution in [0.5, 0.6) is 5.75 Å². The van der Waals surface area contributed by atoms with E-state index in [2.05, 4.69) is 38.4 Å². The first-order valence-electron chi connectivity index (χ1n) is 14.9. The van der Waals surface area contributed by atoms with Crippen molar-refractivity contribution in [2.24, 2.45) is 0 Å². The molecule has 0 unspecified atom stereocenters. The lowest BCUT2D eigenvalue weighted by atomic mass is 10.1. The number of nitrogens with zero attached hydrogens (tertiary/aromatic N) is 5. The molecule has 2 aromatic carbocycles. The van der Waals surface area contributed by atoms with E-state index in [1.54, 1.807) is 12.1 Å². The van der Waals surface area contributed by atoms with Crippen LogP contribution in [-0.4, -0.2) is 57.6 Å². The van der Waals surface area contributed by atoms with Crippen molar-refractivity contribution in [2.75, 3.05) is 13.2 Å². The smallest absolute Gasteiger partial charge is 0.387 e. The van der Waals surface area contributed by atoms with Crippen LogP contribution < -0.4 is 15.2 Å². The minimum absolute atomic E-state index is 0.0526. The van der Waals surface area contributed by atoms with Gasteiger partial charge in [-0.15, -0.1) is 0 Å². The molecule has 4 aromatic rings. The van der Waals surface area contributed by atoms with Crippen LogP contribution in [0.4, 0.5) is 8.78 Å². The zero-order chi connectivity index (χ0) is 31.6. The highest BCUT2D eigenvalue weighted by molar-refractivity contribution is 6.74. The Kier molecular flexibility index (Phi) is 7.41. The summed E-state index contributed by atoms with van der Waals surface area (Å²) >= 11 is 0. The first-order chi connectivity index (χ1) is 20.7. The third-order valence-electron chi connectivity index (χ3n) is 9.10. The summed E-state index contributed by atoms with van der Waals surface area (Å²) in [4.78, 5) is 16.5. The second-order valence-electron chi connectivity index (χ2n) is 13.5. The summed E-state index contributed by atoms with van der Waals surface area (Å²) in [6.45, 7) is 12.5. The van der Waals surface area contributed by atoms with Crippen LogP contribution in [0.15, 0.2) is 48.8 Å². The minimum Gasteiger partial charge on any atom is -0.434 e. The fourth-order valence-electron chi connectivity index (χ4n) is 6.01. The van der Waals surface area contributed by atoms with Crippen LogP contribution in [0.25, 0.3) is 34.1 Å². The molecule has 0 saturated carbocycles. The number of hydrogen-bond donors (Lipinski definition) is 1. The van der Waals surface area contributed by atoms with E-state index in [4.69, 9.17) is 24.1 Å². The van der Waals surface area contributed by atoms with Crippen molar-refractivity contribution in [3.05, 3.63) is 70.9 Å². The summed E-state index contributed by atoms with van der Waals surface area (Å²) in [7, 11) is -2.06. The molecule has 0 aliphatic carbocycles. The number of halogens is 2. The Morgan fingerprint density at radius 3 is 2.43 bits per heavy atom. The number of aromatic nitrogens is 4. The number of imidazole rings is 1. The molecule has 6 rings (SSSR count). The summed E-state index contributed by atoms with van der Waals surface area (Å²) in [6.07, 6.45) is 6.08. The van der Waals surface area contributed by atoms with Gasteiger partial charge in [0.25, 0.3) is 0 Å². The van der Waals surface area contributed by atoms with Crippen LogP contribution in [0.3, 0.4) is 0 Å². The Balaban J connectivity index is 1.45. The van der Waals surface area contributed by atoms with Crippen molar-refractivity contribution in [2.45, 2.75) is 77.4 Å². The van der Waals surface area contributed by atoms with E-state index in [1.807, 2.05) is 61.6 Å². The van der Waals surface area contributed by atoms with Gasteiger partial charge in [0.15, 0.2) is 14.1 Å². The van der Waals surface area contributed by atoms with E-state index in [0.29, 0.717) is 24.0 Å². The zero-order valence-electron chi connectivity index (χ0n) is 26.2. The normalized spacial score (nSPS) is 16.7. The molecule has 0 saturated heterocycles. The summed E-state index contributed by atoms with van der Waals surface area (Å²) in [5, 5.41) is 11.3. The monoisotopic (exact) mass is 619 g/mol. The summed E-state index contributed by atoms with van der Waals surface area (Å²) in [5.41, 5.74) is 3.58. The standard InChI is InChI=1S/C33H39F2N5O3Si/c1-32(2,3)44(6,7)43-33(4,5)30-36-17-22(18-37-30)20-11-12-23-24(15-20)40-25-16-26(29(40)38-23)39(13-14-41)19-21-9-8-10-27(28(21)25)42-31(34)35/h8-12,15,17-19,26,31,41H,13-14,16H2,1-7H3/t26-/m1/s1. The molecule has 11 heteroatoms. The molecule has 0 radical (unpaired) electrons. The molecule has 44 heavy (non-hydrogen) atoms. The Labute approximate surface area is 256 Å². The van der Waals surface area contributed by atoms with E-state index in [-0.39, 0.29) is 23.4 Å². The van der Waals surface area contributed by atoms with E-state index in [1.165, 1.54) is 0 Å². The van der Waals surface area contributed by atoms with Gasteiger partial charge in [-0.1, -0.05) is 39.0 Å². The van der Waals surface area contributed by atoms with E-state index in [9.17, 15) is 13.9 Å². The van der Waals surface area contributed by atoms with Crippen molar-refractivity contribution in [3.63, 3.8) is 0 Å². The number of aliphatic hydroxyl groups is 1.